The third kappa shape index (κ3) is 1.70. The first-order chi connectivity index (χ1) is 6.49. The van der Waals surface area contributed by atoms with E-state index in [9.17, 15) is 14.4 Å². The van der Waals surface area contributed by atoms with Crippen LogP contribution in [0.1, 0.15) is 29.1 Å². The van der Waals surface area contributed by atoms with Crippen LogP contribution in [0.15, 0.2) is 11.0 Å². The number of carbonyl (C=O) groups is 2. The highest BCUT2D eigenvalue weighted by molar-refractivity contribution is 9.08. The zero-order valence-corrected chi connectivity index (χ0v) is 9.37. The van der Waals surface area contributed by atoms with Crippen molar-refractivity contribution in [3.05, 3.63) is 22.4 Å². The van der Waals surface area contributed by atoms with Crippen LogP contribution in [0, 0.1) is 0 Å². The lowest BCUT2D eigenvalue weighted by Gasteiger charge is -1.96. The van der Waals surface area contributed by atoms with E-state index in [2.05, 4.69) is 15.9 Å². The molecule has 0 saturated carbocycles. The maximum Gasteiger partial charge on any atom is 0.342 e. The molecule has 0 N–H and O–H groups in total. The van der Waals surface area contributed by atoms with Crippen LogP contribution in [0.25, 0.3) is 0 Å². The van der Waals surface area contributed by atoms with Crippen LogP contribution in [0.4, 0.5) is 0 Å². The highest BCUT2D eigenvalue weighted by atomic mass is 79.9. The van der Waals surface area contributed by atoms with Gasteiger partial charge in [-0.2, -0.15) is 0 Å². The molecule has 0 aromatic carbocycles. The van der Waals surface area contributed by atoms with Crippen LogP contribution < -0.4 is 5.69 Å². The number of carbonyl (C=O) groups excluding carboxylic acids is 2. The van der Waals surface area contributed by atoms with Crippen molar-refractivity contribution in [1.82, 2.24) is 9.13 Å². The number of imidazole rings is 1. The van der Waals surface area contributed by atoms with Crippen molar-refractivity contribution < 1.29 is 9.59 Å². The Morgan fingerprint density at radius 2 is 1.93 bits per heavy atom. The largest absolute Gasteiger partial charge is 0.342 e. The molecule has 0 amide bonds. The number of aromatic nitrogens is 2. The van der Waals surface area contributed by atoms with Crippen LogP contribution in [0.5, 0.6) is 0 Å². The predicted octanol–water partition coefficient (Wildman–Crippen LogP) is 0.865. The van der Waals surface area contributed by atoms with Crippen LogP contribution >= 0.6 is 15.9 Å². The van der Waals surface area contributed by atoms with Crippen molar-refractivity contribution in [2.45, 2.75) is 19.2 Å². The van der Waals surface area contributed by atoms with Gasteiger partial charge in [0.2, 0.25) is 11.8 Å². The highest BCUT2D eigenvalue weighted by Gasteiger charge is 2.15. The molecule has 0 spiro atoms. The van der Waals surface area contributed by atoms with Crippen LogP contribution in [0.3, 0.4) is 0 Å². The van der Waals surface area contributed by atoms with E-state index in [0.717, 1.165) is 9.13 Å². The first-order valence-electron chi connectivity index (χ1n) is 3.90. The van der Waals surface area contributed by atoms with Gasteiger partial charge in [0.15, 0.2) is 0 Å². The minimum Gasteiger partial charge on any atom is -0.274 e. The van der Waals surface area contributed by atoms with E-state index in [-0.39, 0.29) is 0 Å². The van der Waals surface area contributed by atoms with E-state index in [4.69, 9.17) is 0 Å². The summed E-state index contributed by atoms with van der Waals surface area (Å²) in [6.07, 6.45) is 1.36. The third-order valence-electron chi connectivity index (χ3n) is 1.75. The maximum atomic E-state index is 11.5. The normalized spacial score (nSPS) is 10.2. The number of hydrogen-bond donors (Lipinski definition) is 0. The molecule has 14 heavy (non-hydrogen) atoms. The summed E-state index contributed by atoms with van der Waals surface area (Å²) < 4.78 is 1.88. The Labute approximate surface area is 88.5 Å². The lowest BCUT2D eigenvalue weighted by atomic mass is 10.5. The van der Waals surface area contributed by atoms with Gasteiger partial charge in [-0.1, -0.05) is 15.9 Å². The van der Waals surface area contributed by atoms with Gasteiger partial charge in [0.05, 0.1) is 5.69 Å². The molecule has 1 aromatic rings. The minimum absolute atomic E-state index is 0.349. The SMILES string of the molecule is CC(=O)n1cc(CBr)n(C(C)=O)c1=O. The van der Waals surface area contributed by atoms with Crippen molar-refractivity contribution in [2.24, 2.45) is 0 Å². The van der Waals surface area contributed by atoms with Crippen LogP contribution in [-0.2, 0) is 5.33 Å². The van der Waals surface area contributed by atoms with Crippen molar-refractivity contribution in [2.75, 3.05) is 0 Å². The Balaban J connectivity index is 3.49. The van der Waals surface area contributed by atoms with E-state index >= 15 is 0 Å². The molecule has 0 bridgehead atoms. The molecule has 0 radical (unpaired) electrons. The topological polar surface area (TPSA) is 61.1 Å². The smallest absolute Gasteiger partial charge is 0.274 e. The summed E-state index contributed by atoms with van der Waals surface area (Å²) in [5.41, 5.74) is -0.142. The maximum absolute atomic E-state index is 11.5. The monoisotopic (exact) mass is 260 g/mol. The van der Waals surface area contributed by atoms with E-state index in [1.807, 2.05) is 0 Å². The molecule has 6 heteroatoms. The molecular formula is C8H9BrN2O3. The second-order valence-electron chi connectivity index (χ2n) is 2.78. The molecule has 0 unspecified atom stereocenters. The molecule has 1 heterocycles. The Morgan fingerprint density at radius 3 is 2.21 bits per heavy atom. The minimum atomic E-state index is -0.612. The second kappa shape index (κ2) is 3.91. The number of alkyl halides is 1. The van der Waals surface area contributed by atoms with Gasteiger partial charge in [-0.15, -0.1) is 0 Å². The molecule has 0 aliphatic heterocycles. The third-order valence-corrected chi connectivity index (χ3v) is 2.33. The molecule has 1 aromatic heterocycles. The second-order valence-corrected chi connectivity index (χ2v) is 3.34. The first kappa shape index (κ1) is 10.9. The molecule has 5 nitrogen and oxygen atoms in total. The molecule has 0 atom stereocenters. The molecular weight excluding hydrogens is 252 g/mol. The van der Waals surface area contributed by atoms with Crippen molar-refractivity contribution >= 4 is 27.7 Å². The van der Waals surface area contributed by atoms with Crippen LogP contribution in [0.2, 0.25) is 0 Å². The van der Waals surface area contributed by atoms with Crippen LogP contribution in [-0.4, -0.2) is 20.9 Å². The van der Waals surface area contributed by atoms with Crippen molar-refractivity contribution in [3.63, 3.8) is 0 Å². The standard InChI is InChI=1S/C8H9BrN2O3/c1-5(12)10-4-7(3-9)11(6(2)13)8(10)14/h4H,3H2,1-2H3. The molecule has 1 rings (SSSR count). The Kier molecular flexibility index (Phi) is 3.05. The molecule has 0 saturated heterocycles. The van der Waals surface area contributed by atoms with E-state index in [0.29, 0.717) is 11.0 Å². The molecule has 76 valence electrons. The Morgan fingerprint density at radius 1 is 1.36 bits per heavy atom. The van der Waals surface area contributed by atoms with Gasteiger partial charge in [-0.25, -0.2) is 13.9 Å². The van der Waals surface area contributed by atoms with Gasteiger partial charge < -0.3 is 0 Å². The van der Waals surface area contributed by atoms with Gasteiger partial charge in [0.1, 0.15) is 0 Å². The Bertz CT molecular complexity index is 444. The fourth-order valence-corrected chi connectivity index (χ4v) is 1.54. The summed E-state index contributed by atoms with van der Waals surface area (Å²) in [5.74, 6) is -0.804. The number of rotatable bonds is 1. The summed E-state index contributed by atoms with van der Waals surface area (Å²) in [6.45, 7) is 2.54. The average Bonchev–Trinajstić information content (AvgIpc) is 2.42. The van der Waals surface area contributed by atoms with E-state index in [1.165, 1.54) is 20.0 Å². The van der Waals surface area contributed by atoms with Gasteiger partial charge in [0.25, 0.3) is 0 Å². The van der Waals surface area contributed by atoms with Gasteiger partial charge in [0, 0.05) is 25.4 Å². The quantitative estimate of drug-likeness (QED) is 0.704. The zero-order chi connectivity index (χ0) is 10.9. The average molecular weight is 261 g/mol. The number of nitrogens with zero attached hydrogens (tertiary/aromatic N) is 2. The summed E-state index contributed by atoms with van der Waals surface area (Å²) in [4.78, 5) is 33.6. The molecule has 0 aliphatic carbocycles. The summed E-state index contributed by atoms with van der Waals surface area (Å²) in [5, 5.41) is 0.349. The lowest BCUT2D eigenvalue weighted by molar-refractivity contribution is 0.0920. The van der Waals surface area contributed by atoms with E-state index < -0.39 is 17.5 Å². The number of halogens is 1. The molecule has 0 fully saturated rings. The lowest BCUT2D eigenvalue weighted by Crippen LogP contribution is -2.30. The fraction of sp³-hybridized carbons (Fsp3) is 0.375. The van der Waals surface area contributed by atoms with Gasteiger partial charge in [-0.3, -0.25) is 9.59 Å². The fourth-order valence-electron chi connectivity index (χ4n) is 1.15. The first-order valence-corrected chi connectivity index (χ1v) is 5.02. The summed E-state index contributed by atoms with van der Waals surface area (Å²) in [6, 6.07) is 0. The molecule has 0 aliphatic rings. The van der Waals surface area contributed by atoms with Crippen molar-refractivity contribution in [3.8, 4) is 0 Å². The zero-order valence-electron chi connectivity index (χ0n) is 7.78. The van der Waals surface area contributed by atoms with Crippen molar-refractivity contribution in [1.29, 1.82) is 0 Å². The number of hydrogen-bond acceptors (Lipinski definition) is 3. The Hall–Kier alpha value is -1.17. The van der Waals surface area contributed by atoms with Gasteiger partial charge in [-0.05, 0) is 0 Å². The highest BCUT2D eigenvalue weighted by Crippen LogP contribution is 2.03. The van der Waals surface area contributed by atoms with Gasteiger partial charge >= 0.3 is 5.69 Å². The summed E-state index contributed by atoms with van der Waals surface area (Å²) >= 11 is 3.14. The van der Waals surface area contributed by atoms with E-state index in [1.54, 1.807) is 0 Å². The predicted molar refractivity (Wildman–Crippen MR) is 53.9 cm³/mol. The summed E-state index contributed by atoms with van der Waals surface area (Å²) in [7, 11) is 0.